The average molecular weight is 224 g/mol. The fourth-order valence-electron chi connectivity index (χ4n) is 1.11. The first-order chi connectivity index (χ1) is 7.09. The number of carbonyl (C=O) groups excluding carboxylic acids is 1. The van der Waals surface area contributed by atoms with Crippen LogP contribution in [0.2, 0.25) is 0 Å². The molecule has 0 saturated heterocycles. The van der Waals surface area contributed by atoms with E-state index in [9.17, 15) is 4.79 Å². The molecule has 0 aliphatic rings. The van der Waals surface area contributed by atoms with E-state index in [1.54, 1.807) is 30.2 Å². The number of carbonyl (C=O) groups is 1. The van der Waals surface area contributed by atoms with Crippen molar-refractivity contribution in [2.45, 2.75) is 25.5 Å². The molecular weight excluding hydrogens is 208 g/mol. The summed E-state index contributed by atoms with van der Waals surface area (Å²) in [6, 6.07) is 1.72. The lowest BCUT2D eigenvalue weighted by molar-refractivity contribution is -0.116. The van der Waals surface area contributed by atoms with Crippen molar-refractivity contribution in [2.75, 3.05) is 11.5 Å². The van der Waals surface area contributed by atoms with Crippen LogP contribution in [0.3, 0.4) is 0 Å². The lowest BCUT2D eigenvalue weighted by Gasteiger charge is -2.05. The fraction of sp³-hybridized carbons (Fsp3) is 0.455. The van der Waals surface area contributed by atoms with Crippen LogP contribution in [0.4, 0.5) is 5.69 Å². The molecule has 1 rings (SSSR count). The van der Waals surface area contributed by atoms with Crippen LogP contribution in [0.5, 0.6) is 0 Å². The minimum atomic E-state index is 0.202. The monoisotopic (exact) mass is 224 g/mol. The highest BCUT2D eigenvalue weighted by Crippen LogP contribution is 2.13. The first-order valence-electron chi connectivity index (χ1n) is 4.91. The van der Waals surface area contributed by atoms with E-state index in [2.05, 4.69) is 18.8 Å². The number of nitrogen functional groups attached to an aromatic ring is 1. The van der Waals surface area contributed by atoms with E-state index >= 15 is 0 Å². The molecule has 0 radical (unpaired) electrons. The quantitative estimate of drug-likeness (QED) is 0.830. The number of aromatic nitrogens is 1. The lowest BCUT2D eigenvalue weighted by atomic mass is 10.1. The zero-order chi connectivity index (χ0) is 11.3. The maximum absolute atomic E-state index is 11.6. The summed E-state index contributed by atoms with van der Waals surface area (Å²) < 4.78 is 0. The molecule has 82 valence electrons. The molecule has 0 bridgehead atoms. The second-order valence-electron chi connectivity index (χ2n) is 3.65. The molecule has 0 atom stereocenters. The first-order valence-corrected chi connectivity index (χ1v) is 5.96. The SMILES string of the molecule is CC(C)SCC(=O)Cc1cnccc1N. The van der Waals surface area contributed by atoms with Crippen molar-refractivity contribution < 1.29 is 4.79 Å². The Hall–Kier alpha value is -1.03. The predicted molar refractivity (Wildman–Crippen MR) is 65.0 cm³/mol. The Balaban J connectivity index is 2.48. The van der Waals surface area contributed by atoms with Crippen molar-refractivity contribution in [3.8, 4) is 0 Å². The van der Waals surface area contributed by atoms with Crippen LogP contribution in [0.1, 0.15) is 19.4 Å². The fourth-order valence-corrected chi connectivity index (χ4v) is 1.73. The number of thioether (sulfide) groups is 1. The molecule has 0 aliphatic heterocycles. The Bertz CT molecular complexity index is 339. The van der Waals surface area contributed by atoms with E-state index in [4.69, 9.17) is 5.73 Å². The molecular formula is C11H16N2OS. The molecule has 0 aromatic carbocycles. The van der Waals surface area contributed by atoms with Crippen molar-refractivity contribution in [3.05, 3.63) is 24.0 Å². The highest BCUT2D eigenvalue weighted by atomic mass is 32.2. The van der Waals surface area contributed by atoms with Gasteiger partial charge in [0.2, 0.25) is 0 Å². The predicted octanol–water partition coefficient (Wildman–Crippen LogP) is 1.92. The third-order valence-electron chi connectivity index (χ3n) is 1.91. The molecule has 3 nitrogen and oxygen atoms in total. The number of ketones is 1. The van der Waals surface area contributed by atoms with Gasteiger partial charge in [0, 0.05) is 30.1 Å². The Kier molecular flexibility index (Phi) is 4.62. The van der Waals surface area contributed by atoms with Crippen molar-refractivity contribution >= 4 is 23.2 Å². The summed E-state index contributed by atoms with van der Waals surface area (Å²) in [6.45, 7) is 4.16. The smallest absolute Gasteiger partial charge is 0.147 e. The van der Waals surface area contributed by atoms with Crippen molar-refractivity contribution in [1.82, 2.24) is 4.98 Å². The highest BCUT2D eigenvalue weighted by Gasteiger charge is 2.07. The Morgan fingerprint density at radius 1 is 1.60 bits per heavy atom. The van der Waals surface area contributed by atoms with Crippen LogP contribution in [0, 0.1) is 0 Å². The van der Waals surface area contributed by atoms with Gasteiger partial charge in [0.25, 0.3) is 0 Å². The molecule has 0 aliphatic carbocycles. The third-order valence-corrected chi connectivity index (χ3v) is 3.06. The van der Waals surface area contributed by atoms with E-state index in [-0.39, 0.29) is 5.78 Å². The van der Waals surface area contributed by atoms with Crippen molar-refractivity contribution in [1.29, 1.82) is 0 Å². The van der Waals surface area contributed by atoms with Gasteiger partial charge in [-0.15, -0.1) is 0 Å². The number of anilines is 1. The number of nitrogens with two attached hydrogens (primary N) is 1. The molecule has 1 aromatic heterocycles. The normalized spacial score (nSPS) is 10.6. The summed E-state index contributed by atoms with van der Waals surface area (Å²) in [6.07, 6.45) is 3.68. The summed E-state index contributed by atoms with van der Waals surface area (Å²) in [7, 11) is 0. The number of Topliss-reactive ketones (excluding diaryl/α,β-unsaturated/α-hetero) is 1. The molecule has 1 heterocycles. The Labute approximate surface area is 94.5 Å². The minimum Gasteiger partial charge on any atom is -0.398 e. The van der Waals surface area contributed by atoms with E-state index in [0.717, 1.165) is 5.56 Å². The van der Waals surface area contributed by atoms with Crippen LogP contribution in [0.25, 0.3) is 0 Å². The summed E-state index contributed by atoms with van der Waals surface area (Å²) >= 11 is 1.65. The van der Waals surface area contributed by atoms with Gasteiger partial charge in [-0.05, 0) is 11.3 Å². The summed E-state index contributed by atoms with van der Waals surface area (Å²) in [4.78, 5) is 15.5. The van der Waals surface area contributed by atoms with E-state index in [0.29, 0.717) is 23.1 Å². The molecule has 15 heavy (non-hydrogen) atoms. The zero-order valence-corrected chi connectivity index (χ0v) is 9.88. The maximum atomic E-state index is 11.6. The average Bonchev–Trinajstić information content (AvgIpc) is 2.18. The second-order valence-corrected chi connectivity index (χ2v) is 5.21. The van der Waals surface area contributed by atoms with Crippen LogP contribution < -0.4 is 5.73 Å². The first kappa shape index (κ1) is 12.0. The van der Waals surface area contributed by atoms with Crippen LogP contribution in [0.15, 0.2) is 18.5 Å². The van der Waals surface area contributed by atoms with Crippen molar-refractivity contribution in [3.63, 3.8) is 0 Å². The standard InChI is InChI=1S/C11H16N2OS/c1-8(2)15-7-10(14)5-9-6-13-4-3-11(9)12/h3-4,6,8H,5,7H2,1-2H3,(H2,12,13). The molecule has 0 spiro atoms. The van der Waals surface area contributed by atoms with Gasteiger partial charge < -0.3 is 5.73 Å². The van der Waals surface area contributed by atoms with Gasteiger partial charge in [0.1, 0.15) is 5.78 Å². The summed E-state index contributed by atoms with van der Waals surface area (Å²) in [5, 5.41) is 0.486. The van der Waals surface area contributed by atoms with Gasteiger partial charge in [-0.2, -0.15) is 11.8 Å². The van der Waals surface area contributed by atoms with Gasteiger partial charge in [0.05, 0.1) is 5.75 Å². The number of pyridine rings is 1. The number of hydrogen-bond donors (Lipinski definition) is 1. The Morgan fingerprint density at radius 2 is 2.33 bits per heavy atom. The lowest BCUT2D eigenvalue weighted by Crippen LogP contribution is -2.09. The molecule has 0 fully saturated rings. The minimum absolute atomic E-state index is 0.202. The number of nitrogens with zero attached hydrogens (tertiary/aromatic N) is 1. The van der Waals surface area contributed by atoms with Gasteiger partial charge in [-0.25, -0.2) is 0 Å². The second kappa shape index (κ2) is 5.75. The molecule has 2 N–H and O–H groups in total. The van der Waals surface area contributed by atoms with Gasteiger partial charge in [-0.3, -0.25) is 9.78 Å². The van der Waals surface area contributed by atoms with Crippen LogP contribution in [-0.2, 0) is 11.2 Å². The molecule has 4 heteroatoms. The van der Waals surface area contributed by atoms with Crippen molar-refractivity contribution in [2.24, 2.45) is 0 Å². The topological polar surface area (TPSA) is 56.0 Å². The molecule has 1 aromatic rings. The van der Waals surface area contributed by atoms with Gasteiger partial charge in [-0.1, -0.05) is 13.8 Å². The molecule has 0 amide bonds. The highest BCUT2D eigenvalue weighted by molar-refractivity contribution is 8.00. The van der Waals surface area contributed by atoms with Crippen LogP contribution in [-0.4, -0.2) is 21.8 Å². The summed E-state index contributed by atoms with van der Waals surface area (Å²) in [5.74, 6) is 0.750. The van der Waals surface area contributed by atoms with E-state index in [1.165, 1.54) is 0 Å². The third kappa shape index (κ3) is 4.34. The number of hydrogen-bond acceptors (Lipinski definition) is 4. The number of rotatable bonds is 5. The van der Waals surface area contributed by atoms with Crippen LogP contribution >= 0.6 is 11.8 Å². The van der Waals surface area contributed by atoms with E-state index < -0.39 is 0 Å². The summed E-state index contributed by atoms with van der Waals surface area (Å²) in [5.41, 5.74) is 7.20. The van der Waals surface area contributed by atoms with Gasteiger partial charge >= 0.3 is 0 Å². The van der Waals surface area contributed by atoms with E-state index in [1.807, 2.05) is 0 Å². The Morgan fingerprint density at radius 3 is 2.93 bits per heavy atom. The molecule has 0 saturated carbocycles. The zero-order valence-electron chi connectivity index (χ0n) is 9.06. The maximum Gasteiger partial charge on any atom is 0.147 e. The van der Waals surface area contributed by atoms with Gasteiger partial charge in [0.15, 0.2) is 0 Å². The largest absolute Gasteiger partial charge is 0.398 e. The molecule has 0 unspecified atom stereocenters.